The van der Waals surface area contributed by atoms with Crippen molar-refractivity contribution >= 4 is 5.69 Å². The van der Waals surface area contributed by atoms with Gasteiger partial charge < -0.3 is 15.0 Å². The molecule has 104 valence electrons. The summed E-state index contributed by atoms with van der Waals surface area (Å²) >= 11 is 0. The van der Waals surface area contributed by atoms with Crippen LogP contribution in [0.4, 0.5) is 5.69 Å². The third kappa shape index (κ3) is 3.10. The smallest absolute Gasteiger partial charge is 0.0469 e. The van der Waals surface area contributed by atoms with Gasteiger partial charge in [-0.15, -0.1) is 0 Å². The Morgan fingerprint density at radius 1 is 1.32 bits per heavy atom. The highest BCUT2D eigenvalue weighted by molar-refractivity contribution is 5.58. The maximum atomic E-state index is 5.39. The van der Waals surface area contributed by atoms with Crippen molar-refractivity contribution in [2.75, 3.05) is 38.3 Å². The molecule has 2 heterocycles. The largest absolute Gasteiger partial charge is 0.381 e. The van der Waals surface area contributed by atoms with Gasteiger partial charge in [0.25, 0.3) is 0 Å². The number of fused-ring (bicyclic) bond motifs is 1. The van der Waals surface area contributed by atoms with Crippen molar-refractivity contribution in [2.45, 2.75) is 25.8 Å². The summed E-state index contributed by atoms with van der Waals surface area (Å²) in [6, 6.07) is 6.90. The standard InChI is InChI=1S/C16H24N2O/c1-18-7-4-15-10-14(2-3-16(15)18)12-17-11-13-5-8-19-9-6-13/h2-3,10,13,17H,4-9,11-12H2,1H3. The summed E-state index contributed by atoms with van der Waals surface area (Å²) in [6.07, 6.45) is 3.61. The van der Waals surface area contributed by atoms with E-state index in [4.69, 9.17) is 4.74 Å². The van der Waals surface area contributed by atoms with E-state index in [2.05, 4.69) is 35.5 Å². The topological polar surface area (TPSA) is 24.5 Å². The molecule has 2 aliphatic heterocycles. The predicted octanol–water partition coefficient (Wildman–Crippen LogP) is 2.20. The lowest BCUT2D eigenvalue weighted by molar-refractivity contribution is 0.0662. The van der Waals surface area contributed by atoms with Crippen LogP contribution in [-0.2, 0) is 17.7 Å². The van der Waals surface area contributed by atoms with Gasteiger partial charge in [-0.2, -0.15) is 0 Å². The molecule has 0 unspecified atom stereocenters. The van der Waals surface area contributed by atoms with Gasteiger partial charge in [0.2, 0.25) is 0 Å². The maximum Gasteiger partial charge on any atom is 0.0469 e. The first-order chi connectivity index (χ1) is 9.33. The first kappa shape index (κ1) is 12.9. The number of rotatable bonds is 4. The lowest BCUT2D eigenvalue weighted by Gasteiger charge is -2.22. The molecule has 3 heteroatoms. The van der Waals surface area contributed by atoms with E-state index in [0.29, 0.717) is 0 Å². The Hall–Kier alpha value is -1.06. The van der Waals surface area contributed by atoms with E-state index in [1.165, 1.54) is 36.1 Å². The third-order valence-corrected chi connectivity index (χ3v) is 4.37. The molecule has 1 aromatic rings. The molecule has 0 radical (unpaired) electrons. The number of ether oxygens (including phenoxy) is 1. The molecule has 0 aliphatic carbocycles. The predicted molar refractivity (Wildman–Crippen MR) is 78.7 cm³/mol. The molecule has 19 heavy (non-hydrogen) atoms. The monoisotopic (exact) mass is 260 g/mol. The summed E-state index contributed by atoms with van der Waals surface area (Å²) in [5.74, 6) is 0.800. The molecule has 1 N–H and O–H groups in total. The molecule has 0 amide bonds. The van der Waals surface area contributed by atoms with Crippen molar-refractivity contribution in [1.82, 2.24) is 5.32 Å². The first-order valence-corrected chi connectivity index (χ1v) is 7.44. The molecule has 0 bridgehead atoms. The average Bonchev–Trinajstić information content (AvgIpc) is 2.81. The van der Waals surface area contributed by atoms with Crippen LogP contribution in [0, 0.1) is 5.92 Å². The fraction of sp³-hybridized carbons (Fsp3) is 0.625. The highest BCUT2D eigenvalue weighted by Crippen LogP contribution is 2.27. The SMILES string of the molecule is CN1CCc2cc(CNCC3CCOCC3)ccc21. The fourth-order valence-electron chi connectivity index (χ4n) is 3.10. The highest BCUT2D eigenvalue weighted by atomic mass is 16.5. The maximum absolute atomic E-state index is 5.39. The van der Waals surface area contributed by atoms with Crippen LogP contribution in [0.1, 0.15) is 24.0 Å². The molecule has 0 aromatic heterocycles. The summed E-state index contributed by atoms with van der Waals surface area (Å²) in [7, 11) is 2.18. The third-order valence-electron chi connectivity index (χ3n) is 4.37. The van der Waals surface area contributed by atoms with Crippen molar-refractivity contribution < 1.29 is 4.74 Å². The molecule has 1 fully saturated rings. The van der Waals surface area contributed by atoms with E-state index in [1.54, 1.807) is 0 Å². The van der Waals surface area contributed by atoms with Crippen LogP contribution in [0.2, 0.25) is 0 Å². The number of benzene rings is 1. The van der Waals surface area contributed by atoms with Crippen LogP contribution in [0.15, 0.2) is 18.2 Å². The van der Waals surface area contributed by atoms with Gasteiger partial charge in [-0.05, 0) is 48.9 Å². The van der Waals surface area contributed by atoms with Crippen LogP contribution in [0.3, 0.4) is 0 Å². The van der Waals surface area contributed by atoms with Gasteiger partial charge in [-0.25, -0.2) is 0 Å². The first-order valence-electron chi connectivity index (χ1n) is 7.44. The summed E-state index contributed by atoms with van der Waals surface area (Å²) in [4.78, 5) is 2.34. The number of hydrogen-bond acceptors (Lipinski definition) is 3. The summed E-state index contributed by atoms with van der Waals surface area (Å²) in [6.45, 7) is 5.16. The number of likely N-dealkylation sites (N-methyl/N-ethyl adjacent to an activating group) is 1. The van der Waals surface area contributed by atoms with E-state index in [1.807, 2.05) is 0 Å². The van der Waals surface area contributed by atoms with Crippen molar-refractivity contribution in [3.8, 4) is 0 Å². The van der Waals surface area contributed by atoms with Crippen LogP contribution < -0.4 is 10.2 Å². The molecule has 0 saturated carbocycles. The lowest BCUT2D eigenvalue weighted by atomic mass is 10.0. The Bertz CT molecular complexity index is 427. The fourth-order valence-corrected chi connectivity index (χ4v) is 3.10. The van der Waals surface area contributed by atoms with Gasteiger partial charge in [-0.1, -0.05) is 12.1 Å². The van der Waals surface area contributed by atoms with Crippen LogP contribution in [0.25, 0.3) is 0 Å². The Morgan fingerprint density at radius 3 is 3.00 bits per heavy atom. The summed E-state index contributed by atoms with van der Waals surface area (Å²) in [5.41, 5.74) is 4.34. The Kier molecular flexibility index (Phi) is 4.04. The second-order valence-corrected chi connectivity index (χ2v) is 5.82. The van der Waals surface area contributed by atoms with Crippen molar-refractivity contribution in [3.63, 3.8) is 0 Å². The van der Waals surface area contributed by atoms with Crippen molar-refractivity contribution in [3.05, 3.63) is 29.3 Å². The molecule has 0 atom stereocenters. The van der Waals surface area contributed by atoms with E-state index in [0.717, 1.165) is 38.8 Å². The normalized spacial score (nSPS) is 19.7. The van der Waals surface area contributed by atoms with E-state index in [-0.39, 0.29) is 0 Å². The van der Waals surface area contributed by atoms with E-state index >= 15 is 0 Å². The van der Waals surface area contributed by atoms with Gasteiger partial charge in [0.15, 0.2) is 0 Å². The van der Waals surface area contributed by atoms with Gasteiger partial charge in [0.1, 0.15) is 0 Å². The number of nitrogens with zero attached hydrogens (tertiary/aromatic N) is 1. The van der Waals surface area contributed by atoms with E-state index < -0.39 is 0 Å². The zero-order valence-corrected chi connectivity index (χ0v) is 11.8. The molecule has 0 spiro atoms. The van der Waals surface area contributed by atoms with Gasteiger partial charge in [0.05, 0.1) is 0 Å². The van der Waals surface area contributed by atoms with Gasteiger partial charge in [0, 0.05) is 39.0 Å². The molecule has 3 rings (SSSR count). The number of nitrogens with one attached hydrogen (secondary N) is 1. The number of hydrogen-bond donors (Lipinski definition) is 1. The zero-order valence-electron chi connectivity index (χ0n) is 11.8. The minimum atomic E-state index is 0.800. The molecule has 1 saturated heterocycles. The van der Waals surface area contributed by atoms with Crippen molar-refractivity contribution in [1.29, 1.82) is 0 Å². The molecular weight excluding hydrogens is 236 g/mol. The second-order valence-electron chi connectivity index (χ2n) is 5.82. The number of anilines is 1. The summed E-state index contributed by atoms with van der Waals surface area (Å²) < 4.78 is 5.39. The van der Waals surface area contributed by atoms with Crippen LogP contribution in [0.5, 0.6) is 0 Å². The molecule has 2 aliphatic rings. The van der Waals surface area contributed by atoms with Gasteiger partial charge in [-0.3, -0.25) is 0 Å². The molecule has 3 nitrogen and oxygen atoms in total. The lowest BCUT2D eigenvalue weighted by Crippen LogP contribution is -2.27. The second kappa shape index (κ2) is 5.93. The minimum absolute atomic E-state index is 0.800. The van der Waals surface area contributed by atoms with E-state index in [9.17, 15) is 0 Å². The summed E-state index contributed by atoms with van der Waals surface area (Å²) in [5, 5.41) is 3.60. The molecule has 1 aromatic carbocycles. The average molecular weight is 260 g/mol. The van der Waals surface area contributed by atoms with Crippen molar-refractivity contribution in [2.24, 2.45) is 5.92 Å². The zero-order chi connectivity index (χ0) is 13.1. The Labute approximate surface area is 115 Å². The molecular formula is C16H24N2O. The highest BCUT2D eigenvalue weighted by Gasteiger charge is 2.16. The Balaban J connectivity index is 1.50. The van der Waals surface area contributed by atoms with Crippen LogP contribution in [-0.4, -0.2) is 33.4 Å². The van der Waals surface area contributed by atoms with Gasteiger partial charge >= 0.3 is 0 Å². The van der Waals surface area contributed by atoms with Crippen LogP contribution >= 0.6 is 0 Å². The Morgan fingerprint density at radius 2 is 2.16 bits per heavy atom. The minimum Gasteiger partial charge on any atom is -0.381 e. The quantitative estimate of drug-likeness (QED) is 0.898.